The lowest BCUT2D eigenvalue weighted by atomic mass is 9.68. The van der Waals surface area contributed by atoms with Crippen LogP contribution in [-0.4, -0.2) is 82.6 Å². The van der Waals surface area contributed by atoms with Crippen molar-refractivity contribution in [2.75, 3.05) is 61.2 Å². The normalized spacial score (nSPS) is 28.9. The lowest BCUT2D eigenvalue weighted by Crippen LogP contribution is -2.49. The van der Waals surface area contributed by atoms with Gasteiger partial charge in [-0.25, -0.2) is 4.21 Å². The number of amides is 1. The van der Waals surface area contributed by atoms with Crippen molar-refractivity contribution in [1.29, 1.82) is 0 Å². The predicted octanol–water partition coefficient (Wildman–Crippen LogP) is 6.83. The number of carbonyl (C=O) groups excluding carboxylic acids is 1. The molecule has 1 saturated carbocycles. The Balaban J connectivity index is 1.23. The van der Waals surface area contributed by atoms with Crippen molar-refractivity contribution < 1.29 is 18.5 Å². The number of allylic oxidation sites excluding steroid dienone is 1. The lowest BCUT2D eigenvalue weighted by Gasteiger charge is -2.46. The highest BCUT2D eigenvalue weighted by Gasteiger charge is 2.44. The van der Waals surface area contributed by atoms with E-state index in [0.717, 1.165) is 61.7 Å². The first-order chi connectivity index (χ1) is 25.9. The standard InChI is InChI=1S/C40H49ClN8O4S/c1-25-8-6-10-34(52-5)30-14-11-28(30)20-49-23-40(17-7-9-26-18-29(41)13-15-32(26)40)24-53-35-16-12-27(19-33(35)49)38(50)46-54(51,22-25)45-37-31-21-48(4)44-36(31)42-39(43-37)47(2)3/h6,10,12-13,15-16,18-19,21,25,28,30,34H,7-9,11,14,17,20,22-24H2,1-5H3,(H,42,43,44,45,46,50,51)/b10-6+/t25-,28-,30+,34-,40-,54?/m0/s1. The number of carbonyl (C=O) groups is 1. The molecule has 6 atom stereocenters. The van der Waals surface area contributed by atoms with Gasteiger partial charge in [0.1, 0.15) is 15.7 Å². The maximum Gasteiger partial charge on any atom is 0.286 e. The SMILES string of the molecule is CO[C@H]1/C=C/C[C@H](C)CS(=O)(Nc2nc(N(C)C)nc3nn(C)cc23)=NC(=O)c2ccc3c(c2)N(C[C@@H]2CC[C@H]21)C[C@@]1(CCCc2cc(Cl)ccc21)CO3. The van der Waals surface area contributed by atoms with Gasteiger partial charge in [0.15, 0.2) is 11.5 Å². The van der Waals surface area contributed by atoms with E-state index in [1.165, 1.54) is 11.1 Å². The number of hydrogen-bond donors (Lipinski definition) is 1. The molecule has 2 aliphatic heterocycles. The van der Waals surface area contributed by atoms with Crippen molar-refractivity contribution in [3.05, 3.63) is 76.5 Å². The molecule has 4 heterocycles. The number of fused-ring (bicyclic) bond motifs is 5. The first-order valence-corrected chi connectivity index (χ1v) is 20.9. The Bertz CT molecular complexity index is 2250. The van der Waals surface area contributed by atoms with Crippen LogP contribution in [0.25, 0.3) is 11.0 Å². The number of aryl methyl sites for hydroxylation is 2. The number of ether oxygens (including phenoxy) is 2. The number of anilines is 3. The Morgan fingerprint density at radius 2 is 2.00 bits per heavy atom. The van der Waals surface area contributed by atoms with Crippen LogP contribution in [0.3, 0.4) is 0 Å². The molecule has 2 aromatic heterocycles. The average molecular weight is 773 g/mol. The van der Waals surface area contributed by atoms with E-state index in [1.807, 2.05) is 39.2 Å². The Morgan fingerprint density at radius 1 is 1.15 bits per heavy atom. The molecule has 1 N–H and O–H groups in total. The van der Waals surface area contributed by atoms with Gasteiger partial charge in [0.25, 0.3) is 5.91 Å². The number of methoxy groups -OCH3 is 1. The smallest absolute Gasteiger partial charge is 0.286 e. The first-order valence-electron chi connectivity index (χ1n) is 18.9. The molecule has 0 saturated heterocycles. The second kappa shape index (κ2) is 14.5. The molecule has 1 unspecified atom stereocenters. The molecule has 4 aromatic rings. The monoisotopic (exact) mass is 772 g/mol. The molecule has 1 fully saturated rings. The maximum absolute atomic E-state index is 15.1. The highest BCUT2D eigenvalue weighted by atomic mass is 35.5. The van der Waals surface area contributed by atoms with Gasteiger partial charge >= 0.3 is 0 Å². The number of benzene rings is 2. The molecule has 8 rings (SSSR count). The van der Waals surface area contributed by atoms with Crippen LogP contribution in [0.2, 0.25) is 5.02 Å². The molecule has 54 heavy (non-hydrogen) atoms. The molecule has 14 heteroatoms. The van der Waals surface area contributed by atoms with Gasteiger partial charge < -0.3 is 19.3 Å². The summed E-state index contributed by atoms with van der Waals surface area (Å²) in [4.78, 5) is 27.7. The summed E-state index contributed by atoms with van der Waals surface area (Å²) in [6.07, 6.45) is 11.9. The molecule has 1 amide bonds. The van der Waals surface area contributed by atoms with Gasteiger partial charge in [-0.05, 0) is 97.7 Å². The van der Waals surface area contributed by atoms with Gasteiger partial charge in [-0.15, -0.1) is 4.36 Å². The molecule has 286 valence electrons. The molecule has 2 bridgehead atoms. The predicted molar refractivity (Wildman–Crippen MR) is 214 cm³/mol. The van der Waals surface area contributed by atoms with Crippen LogP contribution in [0.1, 0.15) is 60.5 Å². The molecule has 12 nitrogen and oxygen atoms in total. The number of aromatic nitrogens is 4. The van der Waals surface area contributed by atoms with Gasteiger partial charge in [-0.3, -0.25) is 14.2 Å². The van der Waals surface area contributed by atoms with Gasteiger partial charge in [-0.1, -0.05) is 36.7 Å². The van der Waals surface area contributed by atoms with Crippen molar-refractivity contribution in [3.63, 3.8) is 0 Å². The Hall–Kier alpha value is -4.20. The van der Waals surface area contributed by atoms with Crippen molar-refractivity contribution in [1.82, 2.24) is 19.7 Å². The molecule has 2 aliphatic carbocycles. The fourth-order valence-corrected chi connectivity index (χ4v) is 10.9. The molecular formula is C40H49ClN8O4S. The molecule has 4 aliphatic rings. The largest absolute Gasteiger partial charge is 0.490 e. The van der Waals surface area contributed by atoms with E-state index in [2.05, 4.69) is 48.4 Å². The third kappa shape index (κ3) is 7.06. The summed E-state index contributed by atoms with van der Waals surface area (Å²) >= 11 is 6.49. The molecular weight excluding hydrogens is 724 g/mol. The van der Waals surface area contributed by atoms with E-state index in [9.17, 15) is 4.79 Å². The topological polar surface area (TPSA) is 127 Å². The fraction of sp³-hybridized carbons (Fsp3) is 0.500. The van der Waals surface area contributed by atoms with Crippen LogP contribution >= 0.6 is 11.6 Å². The summed E-state index contributed by atoms with van der Waals surface area (Å²) in [5.74, 6) is 1.66. The van der Waals surface area contributed by atoms with E-state index >= 15 is 4.21 Å². The van der Waals surface area contributed by atoms with Gasteiger partial charge in [-0.2, -0.15) is 15.1 Å². The zero-order valence-electron chi connectivity index (χ0n) is 31.6. The zero-order chi connectivity index (χ0) is 37.8. The minimum atomic E-state index is -3.41. The maximum atomic E-state index is 15.1. The van der Waals surface area contributed by atoms with Crippen molar-refractivity contribution >= 4 is 55.9 Å². The number of nitrogens with one attached hydrogen (secondary N) is 1. The molecule has 0 radical (unpaired) electrons. The summed E-state index contributed by atoms with van der Waals surface area (Å²) in [6.45, 7) is 4.08. The number of rotatable bonds is 4. The Labute approximate surface area is 322 Å². The van der Waals surface area contributed by atoms with Crippen LogP contribution in [0.5, 0.6) is 5.75 Å². The quantitative estimate of drug-likeness (QED) is 0.222. The van der Waals surface area contributed by atoms with Crippen LogP contribution in [0, 0.1) is 17.8 Å². The number of nitrogens with zero attached hydrogens (tertiary/aromatic N) is 7. The van der Waals surface area contributed by atoms with E-state index in [4.69, 9.17) is 26.1 Å². The number of hydrogen-bond acceptors (Lipinski definition) is 9. The van der Waals surface area contributed by atoms with E-state index < -0.39 is 15.8 Å². The summed E-state index contributed by atoms with van der Waals surface area (Å²) < 4.78 is 37.2. The van der Waals surface area contributed by atoms with Gasteiger partial charge in [0, 0.05) is 63.5 Å². The minimum absolute atomic E-state index is 0.0394. The van der Waals surface area contributed by atoms with Crippen molar-refractivity contribution in [2.45, 2.75) is 57.0 Å². The van der Waals surface area contributed by atoms with E-state index in [0.29, 0.717) is 53.2 Å². The van der Waals surface area contributed by atoms with Crippen LogP contribution < -0.4 is 19.3 Å². The summed E-state index contributed by atoms with van der Waals surface area (Å²) in [6, 6.07) is 11.8. The highest BCUT2D eigenvalue weighted by Crippen LogP contribution is 2.47. The number of halogens is 1. The summed E-state index contributed by atoms with van der Waals surface area (Å²) in [5, 5.41) is 5.82. The van der Waals surface area contributed by atoms with E-state index in [-0.39, 0.29) is 23.2 Å². The van der Waals surface area contributed by atoms with Gasteiger partial charge in [0.2, 0.25) is 5.95 Å². The second-order valence-electron chi connectivity index (χ2n) is 15.9. The highest BCUT2D eigenvalue weighted by molar-refractivity contribution is 7.95. The van der Waals surface area contributed by atoms with Crippen molar-refractivity contribution in [3.8, 4) is 5.75 Å². The zero-order valence-corrected chi connectivity index (χ0v) is 33.2. The van der Waals surface area contributed by atoms with Crippen LogP contribution in [0.4, 0.5) is 17.5 Å². The summed E-state index contributed by atoms with van der Waals surface area (Å²) in [7, 11) is 3.83. The fourth-order valence-electron chi connectivity index (χ4n) is 8.80. The average Bonchev–Trinajstić information content (AvgIpc) is 3.43. The van der Waals surface area contributed by atoms with Crippen LogP contribution in [-0.2, 0) is 33.5 Å². The summed E-state index contributed by atoms with van der Waals surface area (Å²) in [5.41, 5.74) is 3.97. The third-order valence-electron chi connectivity index (χ3n) is 11.7. The third-order valence-corrected chi connectivity index (χ3v) is 13.9. The molecule has 1 spiro atoms. The minimum Gasteiger partial charge on any atom is -0.490 e. The lowest BCUT2D eigenvalue weighted by molar-refractivity contribution is 0.0131. The Kier molecular flexibility index (Phi) is 9.85. The van der Waals surface area contributed by atoms with Crippen molar-refractivity contribution in [2.24, 2.45) is 29.2 Å². The Morgan fingerprint density at radius 3 is 2.78 bits per heavy atom. The second-order valence-corrected chi connectivity index (χ2v) is 18.3. The van der Waals surface area contributed by atoms with E-state index in [1.54, 1.807) is 36.0 Å². The van der Waals surface area contributed by atoms with Gasteiger partial charge in [0.05, 0.1) is 29.5 Å². The first kappa shape index (κ1) is 36.8. The van der Waals surface area contributed by atoms with Crippen LogP contribution in [0.15, 0.2) is 59.1 Å². The molecule has 2 aromatic carbocycles.